The fourth-order valence-corrected chi connectivity index (χ4v) is 2.00. The van der Waals surface area contributed by atoms with Crippen LogP contribution in [-0.4, -0.2) is 34.8 Å². The third-order valence-corrected chi connectivity index (χ3v) is 3.21. The molecular weight excluding hydrogens is 192 g/mol. The van der Waals surface area contributed by atoms with Crippen molar-refractivity contribution in [2.75, 3.05) is 6.54 Å². The largest absolute Gasteiger partial charge is 0.342 e. The Labute approximate surface area is 91.0 Å². The summed E-state index contributed by atoms with van der Waals surface area (Å²) < 4.78 is 0. The molecule has 4 heteroatoms. The van der Waals surface area contributed by atoms with Gasteiger partial charge in [0.25, 0.3) is 0 Å². The van der Waals surface area contributed by atoms with Crippen molar-refractivity contribution in [3.05, 3.63) is 0 Å². The van der Waals surface area contributed by atoms with Crippen LogP contribution in [0.15, 0.2) is 0 Å². The molecule has 1 aliphatic heterocycles. The first-order valence-electron chi connectivity index (χ1n) is 5.56. The van der Waals surface area contributed by atoms with Gasteiger partial charge in [-0.2, -0.15) is 0 Å². The second kappa shape index (κ2) is 4.21. The minimum Gasteiger partial charge on any atom is -0.342 e. The Morgan fingerprint density at radius 3 is 2.53 bits per heavy atom. The number of amides is 2. The molecule has 0 aromatic carbocycles. The summed E-state index contributed by atoms with van der Waals surface area (Å²) in [6.07, 6.45) is 1.02. The van der Waals surface area contributed by atoms with Crippen molar-refractivity contribution < 1.29 is 9.59 Å². The predicted octanol–water partition coefficient (Wildman–Crippen LogP) is 0.912. The maximum absolute atomic E-state index is 12.2. The van der Waals surface area contributed by atoms with Gasteiger partial charge >= 0.3 is 0 Å². The quantitative estimate of drug-likeness (QED) is 0.739. The van der Waals surface area contributed by atoms with E-state index < -0.39 is 5.54 Å². The standard InChI is InChI=1S/C11H20N2O2/c1-5-11(4)10(15)13(6-2)8(3)7-9(14)12-11/h8H,5-7H2,1-4H3,(H,12,14). The van der Waals surface area contributed by atoms with Gasteiger partial charge in [-0.25, -0.2) is 0 Å². The van der Waals surface area contributed by atoms with Gasteiger partial charge in [0, 0.05) is 19.0 Å². The number of nitrogens with zero attached hydrogens (tertiary/aromatic N) is 1. The summed E-state index contributed by atoms with van der Waals surface area (Å²) in [6, 6.07) is -0.00382. The molecule has 4 nitrogen and oxygen atoms in total. The summed E-state index contributed by atoms with van der Waals surface area (Å²) in [5.74, 6) is 0.00185. The van der Waals surface area contributed by atoms with Crippen LogP contribution in [-0.2, 0) is 9.59 Å². The lowest BCUT2D eigenvalue weighted by atomic mass is 9.97. The van der Waals surface area contributed by atoms with Crippen LogP contribution in [0.2, 0.25) is 0 Å². The van der Waals surface area contributed by atoms with Crippen LogP contribution in [0.5, 0.6) is 0 Å². The van der Waals surface area contributed by atoms with Crippen molar-refractivity contribution in [3.8, 4) is 0 Å². The second-order valence-corrected chi connectivity index (χ2v) is 4.38. The number of hydrogen-bond donors (Lipinski definition) is 1. The monoisotopic (exact) mass is 212 g/mol. The Balaban J connectivity index is 3.03. The maximum Gasteiger partial charge on any atom is 0.248 e. The fourth-order valence-electron chi connectivity index (χ4n) is 2.00. The molecule has 0 saturated carbocycles. The lowest BCUT2D eigenvalue weighted by molar-refractivity contribution is -0.139. The molecule has 2 amide bonds. The zero-order valence-electron chi connectivity index (χ0n) is 9.96. The van der Waals surface area contributed by atoms with Crippen molar-refractivity contribution in [2.24, 2.45) is 0 Å². The van der Waals surface area contributed by atoms with E-state index in [2.05, 4.69) is 5.32 Å². The maximum atomic E-state index is 12.2. The molecule has 86 valence electrons. The molecule has 0 radical (unpaired) electrons. The van der Waals surface area contributed by atoms with E-state index in [0.29, 0.717) is 19.4 Å². The zero-order valence-corrected chi connectivity index (χ0v) is 9.96. The number of carbonyl (C=O) groups excluding carboxylic acids is 2. The molecule has 2 atom stereocenters. The molecule has 1 saturated heterocycles. The minimum absolute atomic E-state index is 0.00382. The van der Waals surface area contributed by atoms with E-state index in [4.69, 9.17) is 0 Å². The normalized spacial score (nSPS) is 32.5. The Morgan fingerprint density at radius 2 is 2.07 bits per heavy atom. The van der Waals surface area contributed by atoms with Gasteiger partial charge in [-0.3, -0.25) is 9.59 Å². The third kappa shape index (κ3) is 2.13. The minimum atomic E-state index is -0.724. The zero-order chi connectivity index (χ0) is 11.6. The van der Waals surface area contributed by atoms with Gasteiger partial charge in [0.05, 0.1) is 0 Å². The van der Waals surface area contributed by atoms with Gasteiger partial charge in [-0.05, 0) is 27.2 Å². The Hall–Kier alpha value is -1.06. The van der Waals surface area contributed by atoms with E-state index >= 15 is 0 Å². The van der Waals surface area contributed by atoms with Crippen LogP contribution in [0.25, 0.3) is 0 Å². The summed E-state index contributed by atoms with van der Waals surface area (Å²) >= 11 is 0. The number of carbonyl (C=O) groups is 2. The van der Waals surface area contributed by atoms with E-state index in [0.717, 1.165) is 0 Å². The smallest absolute Gasteiger partial charge is 0.248 e. The molecule has 1 fully saturated rings. The molecule has 15 heavy (non-hydrogen) atoms. The summed E-state index contributed by atoms with van der Waals surface area (Å²) in [7, 11) is 0. The summed E-state index contributed by atoms with van der Waals surface area (Å²) in [5, 5.41) is 2.82. The molecule has 1 heterocycles. The van der Waals surface area contributed by atoms with Crippen LogP contribution in [0.4, 0.5) is 0 Å². The van der Waals surface area contributed by atoms with Crippen molar-refractivity contribution in [3.63, 3.8) is 0 Å². The van der Waals surface area contributed by atoms with Crippen molar-refractivity contribution in [1.29, 1.82) is 0 Å². The van der Waals surface area contributed by atoms with E-state index in [1.54, 1.807) is 11.8 Å². The van der Waals surface area contributed by atoms with Crippen molar-refractivity contribution in [2.45, 2.75) is 52.1 Å². The molecule has 2 unspecified atom stereocenters. The van der Waals surface area contributed by atoms with Gasteiger partial charge < -0.3 is 10.2 Å². The van der Waals surface area contributed by atoms with Crippen molar-refractivity contribution >= 4 is 11.8 Å². The Bertz CT molecular complexity index is 278. The van der Waals surface area contributed by atoms with Crippen LogP contribution < -0.4 is 5.32 Å². The van der Waals surface area contributed by atoms with Crippen LogP contribution in [0, 0.1) is 0 Å². The van der Waals surface area contributed by atoms with Crippen LogP contribution in [0.3, 0.4) is 0 Å². The summed E-state index contributed by atoms with van der Waals surface area (Å²) in [4.78, 5) is 25.6. The van der Waals surface area contributed by atoms with E-state index in [9.17, 15) is 9.59 Å². The highest BCUT2D eigenvalue weighted by atomic mass is 16.2. The molecule has 0 aliphatic carbocycles. The van der Waals surface area contributed by atoms with Crippen LogP contribution >= 0.6 is 0 Å². The first-order chi connectivity index (χ1) is 6.94. The molecule has 1 N–H and O–H groups in total. The molecule has 0 bridgehead atoms. The first kappa shape index (κ1) is 12.0. The van der Waals surface area contributed by atoms with Gasteiger partial charge in [-0.15, -0.1) is 0 Å². The lowest BCUT2D eigenvalue weighted by Crippen LogP contribution is -2.55. The molecule has 0 aromatic rings. The highest BCUT2D eigenvalue weighted by Crippen LogP contribution is 2.20. The number of likely N-dealkylation sites (N-methyl/N-ethyl adjacent to an activating group) is 1. The van der Waals surface area contributed by atoms with Gasteiger partial charge in [0.15, 0.2) is 0 Å². The van der Waals surface area contributed by atoms with E-state index in [1.807, 2.05) is 20.8 Å². The van der Waals surface area contributed by atoms with Gasteiger partial charge in [0.2, 0.25) is 11.8 Å². The van der Waals surface area contributed by atoms with E-state index in [1.165, 1.54) is 0 Å². The Morgan fingerprint density at radius 1 is 1.47 bits per heavy atom. The highest BCUT2D eigenvalue weighted by Gasteiger charge is 2.40. The van der Waals surface area contributed by atoms with Gasteiger partial charge in [-0.1, -0.05) is 6.92 Å². The molecule has 0 aromatic heterocycles. The number of rotatable bonds is 2. The second-order valence-electron chi connectivity index (χ2n) is 4.38. The van der Waals surface area contributed by atoms with Crippen LogP contribution in [0.1, 0.15) is 40.5 Å². The van der Waals surface area contributed by atoms with Crippen molar-refractivity contribution in [1.82, 2.24) is 10.2 Å². The highest BCUT2D eigenvalue weighted by molar-refractivity contribution is 5.93. The molecule has 0 spiro atoms. The first-order valence-corrected chi connectivity index (χ1v) is 5.56. The molecule has 1 aliphatic rings. The Kier molecular flexibility index (Phi) is 3.37. The van der Waals surface area contributed by atoms with E-state index in [-0.39, 0.29) is 17.9 Å². The summed E-state index contributed by atoms with van der Waals surface area (Å²) in [5.41, 5.74) is -0.724. The third-order valence-electron chi connectivity index (χ3n) is 3.21. The molecule has 1 rings (SSSR count). The topological polar surface area (TPSA) is 49.4 Å². The summed E-state index contributed by atoms with van der Waals surface area (Å²) in [6.45, 7) is 8.24. The van der Waals surface area contributed by atoms with Gasteiger partial charge in [0.1, 0.15) is 5.54 Å². The fraction of sp³-hybridized carbons (Fsp3) is 0.818. The molecular formula is C11H20N2O2. The average Bonchev–Trinajstić information content (AvgIpc) is 2.24. The number of hydrogen-bond acceptors (Lipinski definition) is 2. The SMILES string of the molecule is CCN1C(=O)C(C)(CC)NC(=O)CC1C. The lowest BCUT2D eigenvalue weighted by Gasteiger charge is -2.32. The average molecular weight is 212 g/mol. The number of nitrogens with one attached hydrogen (secondary N) is 1. The predicted molar refractivity (Wildman–Crippen MR) is 58.3 cm³/mol.